The van der Waals surface area contributed by atoms with Gasteiger partial charge in [0.15, 0.2) is 0 Å². The van der Waals surface area contributed by atoms with E-state index in [0.29, 0.717) is 11.1 Å². The highest BCUT2D eigenvalue weighted by Crippen LogP contribution is 2.25. The molecule has 2 aromatic carbocycles. The SMILES string of the molecule is COC(=O)C1CCC(NC(=O)c2ccc(C(=O)NC3CCN(Cc4ccccc4)CC3)cc2)CC1.Cl. The monoisotopic (exact) mass is 513 g/mol. The van der Waals surface area contributed by atoms with Crippen LogP contribution < -0.4 is 10.6 Å². The Kier molecular flexibility index (Phi) is 10.3. The highest BCUT2D eigenvalue weighted by Gasteiger charge is 2.28. The lowest BCUT2D eigenvalue weighted by atomic mass is 9.86. The third kappa shape index (κ3) is 7.55. The molecule has 0 radical (unpaired) electrons. The Balaban J connectivity index is 0.00000361. The summed E-state index contributed by atoms with van der Waals surface area (Å²) < 4.78 is 4.82. The van der Waals surface area contributed by atoms with Gasteiger partial charge >= 0.3 is 5.97 Å². The summed E-state index contributed by atoms with van der Waals surface area (Å²) in [6.07, 6.45) is 4.82. The van der Waals surface area contributed by atoms with Gasteiger partial charge in [0, 0.05) is 42.8 Å². The van der Waals surface area contributed by atoms with Crippen molar-refractivity contribution in [2.75, 3.05) is 20.2 Å². The maximum Gasteiger partial charge on any atom is 0.308 e. The summed E-state index contributed by atoms with van der Waals surface area (Å²) in [7, 11) is 1.41. The van der Waals surface area contributed by atoms with E-state index in [9.17, 15) is 14.4 Å². The van der Waals surface area contributed by atoms with Gasteiger partial charge < -0.3 is 15.4 Å². The lowest BCUT2D eigenvalue weighted by molar-refractivity contribution is -0.146. The number of amides is 2. The van der Waals surface area contributed by atoms with Crippen LogP contribution in [0.25, 0.3) is 0 Å². The Morgan fingerprint density at radius 2 is 1.28 bits per heavy atom. The molecule has 8 heteroatoms. The second kappa shape index (κ2) is 13.4. The minimum Gasteiger partial charge on any atom is -0.469 e. The zero-order valence-corrected chi connectivity index (χ0v) is 21.6. The summed E-state index contributed by atoms with van der Waals surface area (Å²) >= 11 is 0. The van der Waals surface area contributed by atoms with E-state index in [-0.39, 0.29) is 48.2 Å². The van der Waals surface area contributed by atoms with Gasteiger partial charge in [-0.05, 0) is 68.4 Å². The molecule has 1 aliphatic carbocycles. The van der Waals surface area contributed by atoms with Gasteiger partial charge in [0.2, 0.25) is 0 Å². The van der Waals surface area contributed by atoms with Crippen LogP contribution in [0.1, 0.15) is 64.8 Å². The van der Waals surface area contributed by atoms with E-state index >= 15 is 0 Å². The molecule has 2 aliphatic rings. The number of ether oxygens (including phenoxy) is 1. The first-order valence-corrected chi connectivity index (χ1v) is 12.6. The summed E-state index contributed by atoms with van der Waals surface area (Å²) in [6, 6.07) is 17.5. The van der Waals surface area contributed by atoms with Crippen LogP contribution in [0, 0.1) is 5.92 Å². The summed E-state index contributed by atoms with van der Waals surface area (Å²) in [5, 5.41) is 6.20. The summed E-state index contributed by atoms with van der Waals surface area (Å²) in [5.74, 6) is -0.479. The summed E-state index contributed by atoms with van der Waals surface area (Å²) in [6.45, 7) is 2.86. The Bertz CT molecular complexity index is 999. The maximum absolute atomic E-state index is 12.7. The average molecular weight is 514 g/mol. The number of piperidine rings is 1. The molecule has 0 unspecified atom stereocenters. The highest BCUT2D eigenvalue weighted by molar-refractivity contribution is 5.98. The molecule has 194 valence electrons. The number of likely N-dealkylation sites (tertiary alicyclic amines) is 1. The van der Waals surface area contributed by atoms with Crippen molar-refractivity contribution < 1.29 is 19.1 Å². The van der Waals surface area contributed by atoms with Crippen LogP contribution in [0.15, 0.2) is 54.6 Å². The molecule has 1 aliphatic heterocycles. The number of nitrogens with zero attached hydrogens (tertiary/aromatic N) is 1. The second-order valence-electron chi connectivity index (χ2n) is 9.63. The molecule has 36 heavy (non-hydrogen) atoms. The zero-order valence-electron chi connectivity index (χ0n) is 20.8. The molecule has 4 rings (SSSR count). The Hall–Kier alpha value is -2.90. The molecule has 1 saturated heterocycles. The smallest absolute Gasteiger partial charge is 0.308 e. The van der Waals surface area contributed by atoms with E-state index in [4.69, 9.17) is 4.74 Å². The number of carbonyl (C=O) groups excluding carboxylic acids is 3. The number of esters is 1. The Morgan fingerprint density at radius 3 is 1.78 bits per heavy atom. The van der Waals surface area contributed by atoms with Crippen molar-refractivity contribution in [3.8, 4) is 0 Å². The third-order valence-electron chi connectivity index (χ3n) is 7.18. The topological polar surface area (TPSA) is 87.7 Å². The molecule has 2 fully saturated rings. The molecular weight excluding hydrogens is 478 g/mol. The van der Waals surface area contributed by atoms with Crippen molar-refractivity contribution in [1.29, 1.82) is 0 Å². The first-order valence-electron chi connectivity index (χ1n) is 12.6. The molecule has 2 aromatic rings. The number of hydrogen-bond acceptors (Lipinski definition) is 5. The van der Waals surface area contributed by atoms with Crippen LogP contribution in [-0.2, 0) is 16.1 Å². The van der Waals surface area contributed by atoms with Gasteiger partial charge in [0.1, 0.15) is 0 Å². The average Bonchev–Trinajstić information content (AvgIpc) is 2.90. The molecule has 0 atom stereocenters. The fourth-order valence-electron chi connectivity index (χ4n) is 5.03. The van der Waals surface area contributed by atoms with E-state index < -0.39 is 0 Å². The number of methoxy groups -OCH3 is 1. The van der Waals surface area contributed by atoms with Crippen LogP contribution in [-0.4, -0.2) is 55.0 Å². The number of rotatable bonds is 7. The van der Waals surface area contributed by atoms with Gasteiger partial charge in [-0.3, -0.25) is 19.3 Å². The predicted molar refractivity (Wildman–Crippen MR) is 141 cm³/mol. The number of hydrogen-bond donors (Lipinski definition) is 2. The van der Waals surface area contributed by atoms with Gasteiger partial charge in [-0.2, -0.15) is 0 Å². The van der Waals surface area contributed by atoms with Crippen LogP contribution in [0.5, 0.6) is 0 Å². The van der Waals surface area contributed by atoms with E-state index in [1.165, 1.54) is 12.7 Å². The largest absolute Gasteiger partial charge is 0.469 e. The van der Waals surface area contributed by atoms with Gasteiger partial charge in [-0.25, -0.2) is 0 Å². The molecule has 2 amide bonds. The lowest BCUT2D eigenvalue weighted by Crippen LogP contribution is -2.44. The summed E-state index contributed by atoms with van der Waals surface area (Å²) in [5.41, 5.74) is 2.41. The number of nitrogens with one attached hydrogen (secondary N) is 2. The third-order valence-corrected chi connectivity index (χ3v) is 7.18. The van der Waals surface area contributed by atoms with Crippen LogP contribution in [0.4, 0.5) is 0 Å². The fourth-order valence-corrected chi connectivity index (χ4v) is 5.03. The standard InChI is InChI=1S/C28H35N3O4.ClH/c1-35-28(34)23-11-13-24(14-12-23)29-26(32)21-7-9-22(10-8-21)27(33)30-25-15-17-31(18-16-25)19-20-5-3-2-4-6-20;/h2-10,23-25H,11-19H2,1H3,(H,29,32)(H,30,33);1H. The Morgan fingerprint density at radius 1 is 0.778 bits per heavy atom. The predicted octanol–water partition coefficient (Wildman–Crippen LogP) is 3.96. The molecule has 0 aromatic heterocycles. The van der Waals surface area contributed by atoms with E-state index in [2.05, 4.69) is 39.8 Å². The highest BCUT2D eigenvalue weighted by atomic mass is 35.5. The van der Waals surface area contributed by atoms with Crippen molar-refractivity contribution in [2.45, 2.75) is 57.2 Å². The number of carbonyl (C=O) groups is 3. The Labute approximate surface area is 219 Å². The van der Waals surface area contributed by atoms with Crippen molar-refractivity contribution in [2.24, 2.45) is 5.92 Å². The summed E-state index contributed by atoms with van der Waals surface area (Å²) in [4.78, 5) is 39.5. The number of benzene rings is 2. The molecule has 7 nitrogen and oxygen atoms in total. The van der Waals surface area contributed by atoms with E-state index in [1.54, 1.807) is 24.3 Å². The van der Waals surface area contributed by atoms with Gasteiger partial charge in [0.05, 0.1) is 13.0 Å². The number of halogens is 1. The molecule has 1 saturated carbocycles. The van der Waals surface area contributed by atoms with Crippen molar-refractivity contribution in [3.05, 3.63) is 71.3 Å². The molecule has 2 N–H and O–H groups in total. The quantitative estimate of drug-likeness (QED) is 0.547. The minimum atomic E-state index is -0.165. The first-order chi connectivity index (χ1) is 17.0. The van der Waals surface area contributed by atoms with Gasteiger partial charge in [0.25, 0.3) is 11.8 Å². The first kappa shape index (κ1) is 27.7. The van der Waals surface area contributed by atoms with E-state index in [0.717, 1.165) is 58.2 Å². The lowest BCUT2D eigenvalue weighted by Gasteiger charge is -2.32. The molecular formula is C28H36ClN3O4. The van der Waals surface area contributed by atoms with Crippen LogP contribution in [0.2, 0.25) is 0 Å². The molecule has 0 bridgehead atoms. The van der Waals surface area contributed by atoms with E-state index in [1.807, 2.05) is 6.07 Å². The minimum absolute atomic E-state index is 0. The maximum atomic E-state index is 12.7. The van der Waals surface area contributed by atoms with Crippen molar-refractivity contribution in [3.63, 3.8) is 0 Å². The molecule has 1 heterocycles. The molecule has 0 spiro atoms. The van der Waals surface area contributed by atoms with Gasteiger partial charge in [-0.15, -0.1) is 12.4 Å². The zero-order chi connectivity index (χ0) is 24.6. The van der Waals surface area contributed by atoms with Crippen molar-refractivity contribution >= 4 is 30.2 Å². The normalized spacial score (nSPS) is 20.6. The van der Waals surface area contributed by atoms with Crippen molar-refractivity contribution in [1.82, 2.24) is 15.5 Å². The fraction of sp³-hybridized carbons (Fsp3) is 0.464. The van der Waals surface area contributed by atoms with Gasteiger partial charge in [-0.1, -0.05) is 30.3 Å². The second-order valence-corrected chi connectivity index (χ2v) is 9.63. The van der Waals surface area contributed by atoms with Crippen LogP contribution in [0.3, 0.4) is 0 Å². The van der Waals surface area contributed by atoms with Crippen LogP contribution >= 0.6 is 12.4 Å².